The number of rotatable bonds is 6. The largest absolute Gasteiger partial charge is 0.494 e. The molecule has 1 aromatic heterocycles. The maximum atomic E-state index is 13.4. The summed E-state index contributed by atoms with van der Waals surface area (Å²) in [4.78, 5) is 13.2. The molecular weight excluding hydrogens is 422 g/mol. The fraction of sp³-hybridized carbons (Fsp3) is 0.192. The van der Waals surface area contributed by atoms with Gasteiger partial charge >= 0.3 is 0 Å². The van der Waals surface area contributed by atoms with E-state index in [-0.39, 0.29) is 9.79 Å². The average molecular weight is 448 g/mol. The molecule has 0 radical (unpaired) electrons. The zero-order valence-electron chi connectivity index (χ0n) is 18.3. The monoisotopic (exact) mass is 447 g/mol. The van der Waals surface area contributed by atoms with Gasteiger partial charge in [-0.25, -0.2) is 8.42 Å². The molecule has 0 aliphatic carbocycles. The Morgan fingerprint density at radius 3 is 2.12 bits per heavy atom. The Kier molecular flexibility index (Phi) is 5.89. The molecule has 0 spiro atoms. The number of aromatic nitrogens is 1. The van der Waals surface area contributed by atoms with E-state index in [1.165, 1.54) is 18.3 Å². The first-order chi connectivity index (χ1) is 15.3. The molecule has 5 nitrogen and oxygen atoms in total. The van der Waals surface area contributed by atoms with E-state index in [0.29, 0.717) is 29.8 Å². The molecule has 0 saturated heterocycles. The maximum Gasteiger partial charge on any atom is 0.211 e. The first-order valence-electron chi connectivity index (χ1n) is 10.5. The van der Waals surface area contributed by atoms with E-state index in [2.05, 4.69) is 0 Å². The van der Waals surface area contributed by atoms with Gasteiger partial charge in [0.1, 0.15) is 10.6 Å². The van der Waals surface area contributed by atoms with Crippen molar-refractivity contribution in [2.24, 2.45) is 0 Å². The molecule has 3 aromatic carbocycles. The van der Waals surface area contributed by atoms with E-state index in [0.717, 1.165) is 16.7 Å². The zero-order chi connectivity index (χ0) is 22.9. The topological polar surface area (TPSA) is 65.4 Å². The highest BCUT2D eigenvalue weighted by molar-refractivity contribution is 7.91. The van der Waals surface area contributed by atoms with Crippen molar-refractivity contribution >= 4 is 20.7 Å². The Labute approximate surface area is 187 Å². The third kappa shape index (κ3) is 4.18. The van der Waals surface area contributed by atoms with Gasteiger partial charge in [0.15, 0.2) is 0 Å². The van der Waals surface area contributed by atoms with E-state index in [9.17, 15) is 13.2 Å². The van der Waals surface area contributed by atoms with Gasteiger partial charge in [-0.3, -0.25) is 4.79 Å². The van der Waals surface area contributed by atoms with Crippen molar-refractivity contribution in [3.8, 4) is 5.75 Å². The second kappa shape index (κ2) is 8.63. The molecule has 0 aliphatic rings. The number of nitrogens with zero attached hydrogens (tertiary/aromatic N) is 1. The molecule has 32 heavy (non-hydrogen) atoms. The van der Waals surface area contributed by atoms with Crippen LogP contribution in [0.5, 0.6) is 5.75 Å². The number of hydrogen-bond acceptors (Lipinski definition) is 4. The third-order valence-corrected chi connectivity index (χ3v) is 7.19. The summed E-state index contributed by atoms with van der Waals surface area (Å²) in [5.41, 5.74) is 3.22. The van der Waals surface area contributed by atoms with E-state index >= 15 is 0 Å². The predicted octanol–water partition coefficient (Wildman–Crippen LogP) is 4.90. The molecule has 4 aromatic rings. The number of aryl methyl sites for hydroxylation is 2. The van der Waals surface area contributed by atoms with Crippen LogP contribution in [-0.4, -0.2) is 19.6 Å². The zero-order valence-corrected chi connectivity index (χ0v) is 19.1. The summed E-state index contributed by atoms with van der Waals surface area (Å²) in [5.74, 6) is 0.531. The van der Waals surface area contributed by atoms with Crippen LogP contribution in [0.2, 0.25) is 0 Å². The van der Waals surface area contributed by atoms with Gasteiger partial charge in [-0.2, -0.15) is 0 Å². The molecule has 6 heteroatoms. The van der Waals surface area contributed by atoms with Crippen LogP contribution in [0.3, 0.4) is 0 Å². The van der Waals surface area contributed by atoms with Gasteiger partial charge in [-0.05, 0) is 56.7 Å². The molecule has 0 amide bonds. The normalized spacial score (nSPS) is 11.6. The lowest BCUT2D eigenvalue weighted by Gasteiger charge is -2.15. The van der Waals surface area contributed by atoms with Crippen LogP contribution in [0.15, 0.2) is 87.5 Å². The minimum atomic E-state index is -4.00. The van der Waals surface area contributed by atoms with Gasteiger partial charge in [0.05, 0.1) is 22.4 Å². The Bertz CT molecular complexity index is 1430. The van der Waals surface area contributed by atoms with E-state index in [4.69, 9.17) is 4.74 Å². The van der Waals surface area contributed by atoms with Crippen LogP contribution in [0.4, 0.5) is 0 Å². The van der Waals surface area contributed by atoms with Gasteiger partial charge in [0.25, 0.3) is 0 Å². The molecule has 0 bridgehead atoms. The van der Waals surface area contributed by atoms with E-state index < -0.39 is 15.3 Å². The second-order valence-electron chi connectivity index (χ2n) is 7.86. The Morgan fingerprint density at radius 1 is 0.875 bits per heavy atom. The van der Waals surface area contributed by atoms with Crippen LogP contribution < -0.4 is 10.2 Å². The second-order valence-corrected chi connectivity index (χ2v) is 9.78. The van der Waals surface area contributed by atoms with Gasteiger partial charge in [0, 0.05) is 12.7 Å². The van der Waals surface area contributed by atoms with Crippen molar-refractivity contribution in [1.82, 2.24) is 4.57 Å². The molecule has 0 saturated carbocycles. The quantitative estimate of drug-likeness (QED) is 0.422. The van der Waals surface area contributed by atoms with E-state index in [1.807, 2.05) is 49.6 Å². The number of ether oxygens (including phenoxy) is 1. The number of hydrogen-bond donors (Lipinski definition) is 0. The maximum absolute atomic E-state index is 13.4. The Morgan fingerprint density at radius 2 is 1.50 bits per heavy atom. The fourth-order valence-corrected chi connectivity index (χ4v) is 5.03. The molecule has 0 unspecified atom stereocenters. The minimum absolute atomic E-state index is 0.0994. The standard InChI is InChI=1S/C26H25NO4S/c1-4-31-21-11-14-24-23(15-21)26(28)25(32(29,30)22-12-7-19(3)8-13-22)17-27(24)16-20-9-5-18(2)6-10-20/h5-15,17H,4,16H2,1-3H3. The molecule has 0 atom stereocenters. The van der Waals surface area contributed by atoms with E-state index in [1.54, 1.807) is 30.3 Å². The lowest BCUT2D eigenvalue weighted by molar-refractivity contribution is 0.340. The first kappa shape index (κ1) is 21.8. The molecule has 0 fully saturated rings. The van der Waals surface area contributed by atoms with Gasteiger partial charge in [-0.15, -0.1) is 0 Å². The van der Waals surface area contributed by atoms with Crippen molar-refractivity contribution in [2.45, 2.75) is 37.1 Å². The smallest absolute Gasteiger partial charge is 0.211 e. The highest BCUT2D eigenvalue weighted by atomic mass is 32.2. The third-order valence-electron chi connectivity index (χ3n) is 5.42. The number of benzene rings is 3. The fourth-order valence-electron chi connectivity index (χ4n) is 3.66. The molecule has 4 rings (SSSR count). The minimum Gasteiger partial charge on any atom is -0.494 e. The molecular formula is C26H25NO4S. The summed E-state index contributed by atoms with van der Waals surface area (Å²) in [5, 5.41) is 0.316. The Hall–Kier alpha value is -3.38. The molecule has 1 heterocycles. The summed E-state index contributed by atoms with van der Waals surface area (Å²) < 4.78 is 34.2. The number of sulfone groups is 1. The van der Waals surface area contributed by atoms with Crippen LogP contribution >= 0.6 is 0 Å². The van der Waals surface area contributed by atoms with Crippen LogP contribution in [0.25, 0.3) is 10.9 Å². The summed E-state index contributed by atoms with van der Waals surface area (Å²) in [7, 11) is -4.00. The SMILES string of the molecule is CCOc1ccc2c(c1)c(=O)c(S(=O)(=O)c1ccc(C)cc1)cn2Cc1ccc(C)cc1. The van der Waals surface area contributed by atoms with Gasteiger partial charge < -0.3 is 9.30 Å². The van der Waals surface area contributed by atoms with Crippen molar-refractivity contribution in [3.05, 3.63) is 99.8 Å². The predicted molar refractivity (Wildman–Crippen MR) is 126 cm³/mol. The highest BCUT2D eigenvalue weighted by Gasteiger charge is 2.24. The van der Waals surface area contributed by atoms with Crippen molar-refractivity contribution in [3.63, 3.8) is 0 Å². The van der Waals surface area contributed by atoms with Crippen molar-refractivity contribution in [2.75, 3.05) is 6.61 Å². The number of fused-ring (bicyclic) bond motifs is 1. The summed E-state index contributed by atoms with van der Waals surface area (Å²) in [6.45, 7) is 6.64. The summed E-state index contributed by atoms with van der Waals surface area (Å²) in [6, 6.07) is 19.8. The molecule has 0 aliphatic heterocycles. The van der Waals surface area contributed by atoms with Crippen molar-refractivity contribution < 1.29 is 13.2 Å². The van der Waals surface area contributed by atoms with Crippen LogP contribution in [-0.2, 0) is 16.4 Å². The average Bonchev–Trinajstić information content (AvgIpc) is 2.77. The highest BCUT2D eigenvalue weighted by Crippen LogP contribution is 2.25. The van der Waals surface area contributed by atoms with Crippen LogP contribution in [0, 0.1) is 13.8 Å². The van der Waals surface area contributed by atoms with Crippen molar-refractivity contribution in [1.29, 1.82) is 0 Å². The van der Waals surface area contributed by atoms with Crippen LogP contribution in [0.1, 0.15) is 23.6 Å². The lowest BCUT2D eigenvalue weighted by atomic mass is 10.1. The molecule has 164 valence electrons. The molecule has 0 N–H and O–H groups in total. The lowest BCUT2D eigenvalue weighted by Crippen LogP contribution is -2.19. The summed E-state index contributed by atoms with van der Waals surface area (Å²) in [6.07, 6.45) is 1.46. The summed E-state index contributed by atoms with van der Waals surface area (Å²) >= 11 is 0. The number of pyridine rings is 1. The Balaban J connectivity index is 1.95. The first-order valence-corrected chi connectivity index (χ1v) is 11.9. The van der Waals surface area contributed by atoms with Gasteiger partial charge in [-0.1, -0.05) is 47.5 Å². The van der Waals surface area contributed by atoms with Gasteiger partial charge in [0.2, 0.25) is 15.3 Å².